The molecule has 146 valence electrons. The highest BCUT2D eigenvalue weighted by Crippen LogP contribution is 2.31. The minimum Gasteiger partial charge on any atom is -0.376 e. The smallest absolute Gasteiger partial charge is 0.282 e. The summed E-state index contributed by atoms with van der Waals surface area (Å²) in [7, 11) is 0. The zero-order valence-corrected chi connectivity index (χ0v) is 16.7. The standard InChI is InChI=1S/C19H20N4O3S2/c20-23-18(25)16-14(12-5-2-1-3-6-12)10-27-17(16)22-19(23)28-11-15(24)21-9-13-7-4-8-26-13/h1-3,5-6,10,13H,4,7-9,11,20H2,(H,21,24)/t13-/m0/s1. The quantitative estimate of drug-likeness (QED) is 0.363. The van der Waals surface area contributed by atoms with Gasteiger partial charge in [-0.3, -0.25) is 9.59 Å². The molecule has 0 unspecified atom stereocenters. The highest BCUT2D eigenvalue weighted by molar-refractivity contribution is 7.99. The number of hydrogen-bond donors (Lipinski definition) is 2. The molecule has 0 bridgehead atoms. The molecule has 1 aliphatic heterocycles. The molecule has 3 N–H and O–H groups in total. The number of nitrogens with zero attached hydrogens (tertiary/aromatic N) is 2. The molecular formula is C19H20N4O3S2. The van der Waals surface area contributed by atoms with Crippen LogP contribution in [0.5, 0.6) is 0 Å². The number of fused-ring (bicyclic) bond motifs is 1. The van der Waals surface area contributed by atoms with Gasteiger partial charge in [0, 0.05) is 24.1 Å². The molecule has 9 heteroatoms. The van der Waals surface area contributed by atoms with Gasteiger partial charge in [0.15, 0.2) is 5.16 Å². The van der Waals surface area contributed by atoms with Crippen molar-refractivity contribution in [2.45, 2.75) is 24.1 Å². The van der Waals surface area contributed by atoms with Crippen LogP contribution < -0.4 is 16.7 Å². The number of thioether (sulfide) groups is 1. The van der Waals surface area contributed by atoms with Crippen LogP contribution in [0.25, 0.3) is 21.3 Å². The first kappa shape index (κ1) is 19.0. The fraction of sp³-hybridized carbons (Fsp3) is 0.316. The Labute approximate surface area is 169 Å². The molecule has 1 fully saturated rings. The molecule has 28 heavy (non-hydrogen) atoms. The summed E-state index contributed by atoms with van der Waals surface area (Å²) >= 11 is 2.55. The summed E-state index contributed by atoms with van der Waals surface area (Å²) in [4.78, 5) is 30.0. The Morgan fingerprint density at radius 2 is 2.21 bits per heavy atom. The molecule has 0 aliphatic carbocycles. The molecule has 1 aromatic carbocycles. The average molecular weight is 417 g/mol. The van der Waals surface area contributed by atoms with Crippen molar-refractivity contribution in [2.24, 2.45) is 0 Å². The van der Waals surface area contributed by atoms with Gasteiger partial charge < -0.3 is 15.9 Å². The molecule has 4 rings (SSSR count). The van der Waals surface area contributed by atoms with Gasteiger partial charge in [-0.1, -0.05) is 42.1 Å². The number of amides is 1. The number of nitrogens with one attached hydrogen (secondary N) is 1. The summed E-state index contributed by atoms with van der Waals surface area (Å²) in [5.41, 5.74) is 1.46. The van der Waals surface area contributed by atoms with E-state index in [-0.39, 0.29) is 23.3 Å². The van der Waals surface area contributed by atoms with Crippen molar-refractivity contribution in [3.05, 3.63) is 46.1 Å². The first-order valence-corrected chi connectivity index (χ1v) is 10.9. The second-order valence-corrected chi connectivity index (χ2v) is 8.29. The monoisotopic (exact) mass is 416 g/mol. The van der Waals surface area contributed by atoms with Crippen molar-refractivity contribution in [3.63, 3.8) is 0 Å². The molecule has 0 radical (unpaired) electrons. The van der Waals surface area contributed by atoms with Gasteiger partial charge in [-0.05, 0) is 18.4 Å². The molecule has 3 heterocycles. The van der Waals surface area contributed by atoms with Gasteiger partial charge in [0.1, 0.15) is 4.83 Å². The van der Waals surface area contributed by atoms with E-state index in [0.29, 0.717) is 21.9 Å². The van der Waals surface area contributed by atoms with E-state index in [4.69, 9.17) is 10.6 Å². The van der Waals surface area contributed by atoms with E-state index in [2.05, 4.69) is 10.3 Å². The predicted molar refractivity (Wildman–Crippen MR) is 112 cm³/mol. The molecule has 1 saturated heterocycles. The molecule has 0 saturated carbocycles. The Morgan fingerprint density at radius 1 is 1.39 bits per heavy atom. The van der Waals surface area contributed by atoms with Crippen molar-refractivity contribution >= 4 is 39.2 Å². The minimum absolute atomic E-state index is 0.0960. The van der Waals surface area contributed by atoms with Gasteiger partial charge in [0.2, 0.25) is 5.91 Å². The largest absolute Gasteiger partial charge is 0.376 e. The Kier molecular flexibility index (Phi) is 5.65. The van der Waals surface area contributed by atoms with Crippen LogP contribution in [0.1, 0.15) is 12.8 Å². The molecule has 1 atom stereocenters. The number of benzene rings is 1. The molecular weight excluding hydrogens is 396 g/mol. The number of carbonyl (C=O) groups excluding carboxylic acids is 1. The summed E-state index contributed by atoms with van der Waals surface area (Å²) < 4.78 is 6.52. The van der Waals surface area contributed by atoms with E-state index in [0.717, 1.165) is 47.0 Å². The summed E-state index contributed by atoms with van der Waals surface area (Å²) in [6.07, 6.45) is 2.10. The maximum Gasteiger partial charge on any atom is 0.282 e. The summed E-state index contributed by atoms with van der Waals surface area (Å²) in [5.74, 6) is 5.99. The summed E-state index contributed by atoms with van der Waals surface area (Å²) in [6.45, 7) is 1.26. The fourth-order valence-corrected chi connectivity index (χ4v) is 4.87. The lowest BCUT2D eigenvalue weighted by molar-refractivity contribution is -0.119. The van der Waals surface area contributed by atoms with Crippen LogP contribution in [-0.2, 0) is 9.53 Å². The first-order chi connectivity index (χ1) is 13.6. The van der Waals surface area contributed by atoms with Gasteiger partial charge in [0.05, 0.1) is 17.2 Å². The van der Waals surface area contributed by atoms with Crippen LogP contribution in [-0.4, -0.2) is 40.6 Å². The zero-order valence-electron chi connectivity index (χ0n) is 15.1. The molecule has 2 aromatic heterocycles. The third kappa shape index (κ3) is 3.91. The second-order valence-electron chi connectivity index (χ2n) is 6.49. The zero-order chi connectivity index (χ0) is 19.5. The van der Waals surface area contributed by atoms with E-state index < -0.39 is 0 Å². The number of carbonyl (C=O) groups is 1. The van der Waals surface area contributed by atoms with Gasteiger partial charge in [-0.2, -0.15) is 0 Å². The number of nitrogens with two attached hydrogens (primary N) is 1. The Morgan fingerprint density at radius 3 is 2.96 bits per heavy atom. The molecule has 1 aliphatic rings. The third-order valence-electron chi connectivity index (χ3n) is 4.58. The first-order valence-electron chi connectivity index (χ1n) is 8.99. The van der Waals surface area contributed by atoms with Crippen molar-refractivity contribution in [1.82, 2.24) is 15.0 Å². The predicted octanol–water partition coefficient (Wildman–Crippen LogP) is 2.23. The maximum atomic E-state index is 12.8. The summed E-state index contributed by atoms with van der Waals surface area (Å²) in [6, 6.07) is 9.67. The van der Waals surface area contributed by atoms with Crippen LogP contribution in [0.4, 0.5) is 0 Å². The Balaban J connectivity index is 1.50. The van der Waals surface area contributed by atoms with Gasteiger partial charge >= 0.3 is 0 Å². The van der Waals surface area contributed by atoms with E-state index in [1.807, 2.05) is 35.7 Å². The highest BCUT2D eigenvalue weighted by Gasteiger charge is 2.18. The number of rotatable bonds is 6. The number of thiophene rings is 1. The number of aromatic nitrogens is 2. The second kappa shape index (κ2) is 8.34. The van der Waals surface area contributed by atoms with Gasteiger partial charge in [-0.25, -0.2) is 9.66 Å². The van der Waals surface area contributed by atoms with Crippen molar-refractivity contribution in [3.8, 4) is 11.1 Å². The Hall–Kier alpha value is -2.36. The SMILES string of the molecule is Nn1c(SCC(=O)NC[C@@H]2CCCO2)nc2scc(-c3ccccc3)c2c1=O. The van der Waals surface area contributed by atoms with Crippen LogP contribution in [0, 0.1) is 0 Å². The van der Waals surface area contributed by atoms with Crippen LogP contribution >= 0.6 is 23.1 Å². The molecule has 7 nitrogen and oxygen atoms in total. The van der Waals surface area contributed by atoms with Crippen LogP contribution in [0.15, 0.2) is 45.7 Å². The van der Waals surface area contributed by atoms with Gasteiger partial charge in [0.25, 0.3) is 5.56 Å². The fourth-order valence-electron chi connectivity index (χ4n) is 3.13. The lowest BCUT2D eigenvalue weighted by atomic mass is 10.1. The normalized spacial score (nSPS) is 16.5. The van der Waals surface area contributed by atoms with Crippen LogP contribution in [0.3, 0.4) is 0 Å². The average Bonchev–Trinajstić information content (AvgIpc) is 3.38. The highest BCUT2D eigenvalue weighted by atomic mass is 32.2. The molecule has 0 spiro atoms. The minimum atomic E-state index is -0.313. The number of nitrogen functional groups attached to an aromatic ring is 1. The van der Waals surface area contributed by atoms with E-state index >= 15 is 0 Å². The van der Waals surface area contributed by atoms with Crippen molar-refractivity contribution in [1.29, 1.82) is 0 Å². The third-order valence-corrected chi connectivity index (χ3v) is 6.40. The number of ether oxygens (including phenoxy) is 1. The molecule has 1 amide bonds. The number of hydrogen-bond acceptors (Lipinski definition) is 7. The van der Waals surface area contributed by atoms with Crippen molar-refractivity contribution in [2.75, 3.05) is 24.7 Å². The Bertz CT molecular complexity index is 1040. The van der Waals surface area contributed by atoms with E-state index in [1.54, 1.807) is 0 Å². The lowest BCUT2D eigenvalue weighted by Gasteiger charge is -2.11. The molecule has 3 aromatic rings. The lowest BCUT2D eigenvalue weighted by Crippen LogP contribution is -2.34. The van der Waals surface area contributed by atoms with Crippen LogP contribution in [0.2, 0.25) is 0 Å². The van der Waals surface area contributed by atoms with Crippen molar-refractivity contribution < 1.29 is 9.53 Å². The van der Waals surface area contributed by atoms with E-state index in [1.165, 1.54) is 11.3 Å². The summed E-state index contributed by atoms with van der Waals surface area (Å²) in [5, 5.41) is 5.60. The topological polar surface area (TPSA) is 99.2 Å². The maximum absolute atomic E-state index is 12.8. The van der Waals surface area contributed by atoms with E-state index in [9.17, 15) is 9.59 Å². The van der Waals surface area contributed by atoms with Gasteiger partial charge in [-0.15, -0.1) is 11.3 Å².